The average Bonchev–Trinajstić information content (AvgIpc) is 2.56. The molecule has 6 heteroatoms. The molecular formula is C15H11N5O. The van der Waals surface area contributed by atoms with Gasteiger partial charge in [-0.2, -0.15) is 15.6 Å². The van der Waals surface area contributed by atoms with Gasteiger partial charge in [0, 0.05) is 6.07 Å². The zero-order valence-corrected chi connectivity index (χ0v) is 11.0. The van der Waals surface area contributed by atoms with Gasteiger partial charge in [-0.25, -0.2) is 4.98 Å². The van der Waals surface area contributed by atoms with Crippen LogP contribution in [0.15, 0.2) is 53.8 Å². The first-order valence-corrected chi connectivity index (χ1v) is 6.08. The average molecular weight is 277 g/mol. The molecule has 0 aliphatic carbocycles. The van der Waals surface area contributed by atoms with E-state index < -0.39 is 0 Å². The molecule has 0 saturated heterocycles. The molecule has 6 nitrogen and oxygen atoms in total. The van der Waals surface area contributed by atoms with Gasteiger partial charge in [0.25, 0.3) is 0 Å². The van der Waals surface area contributed by atoms with Crippen molar-refractivity contribution in [1.82, 2.24) is 4.98 Å². The van der Waals surface area contributed by atoms with Crippen LogP contribution in [-0.4, -0.2) is 10.7 Å². The first-order valence-electron chi connectivity index (χ1n) is 6.08. The fourth-order valence-corrected chi connectivity index (χ4v) is 1.46. The number of anilines is 1. The number of ether oxygens (including phenoxy) is 1. The molecule has 102 valence electrons. The van der Waals surface area contributed by atoms with Gasteiger partial charge < -0.3 is 4.74 Å². The number of hydrogen-bond donors (Lipinski definition) is 1. The summed E-state index contributed by atoms with van der Waals surface area (Å²) in [4.78, 5) is 4.10. The van der Waals surface area contributed by atoms with Crippen LogP contribution in [0.1, 0.15) is 5.56 Å². The van der Waals surface area contributed by atoms with Crippen molar-refractivity contribution in [3.63, 3.8) is 0 Å². The Hall–Kier alpha value is -3.38. The van der Waals surface area contributed by atoms with E-state index in [1.54, 1.807) is 24.3 Å². The van der Waals surface area contributed by atoms with Crippen molar-refractivity contribution in [3.8, 4) is 18.0 Å². The van der Waals surface area contributed by atoms with Crippen molar-refractivity contribution in [2.75, 3.05) is 5.43 Å². The van der Waals surface area contributed by atoms with Gasteiger partial charge >= 0.3 is 0 Å². The van der Waals surface area contributed by atoms with E-state index in [1.807, 2.05) is 30.3 Å². The largest absolute Gasteiger partial charge is 0.473 e. The number of hydrogen-bond acceptors (Lipinski definition) is 6. The third-order valence-corrected chi connectivity index (χ3v) is 2.47. The van der Waals surface area contributed by atoms with E-state index in [-0.39, 0.29) is 5.71 Å². The minimum Gasteiger partial charge on any atom is -0.473 e. The zero-order chi connectivity index (χ0) is 14.9. The Morgan fingerprint density at radius 1 is 1.14 bits per heavy atom. The number of pyridine rings is 1. The molecule has 0 unspecified atom stereocenters. The molecule has 1 heterocycles. The molecule has 0 spiro atoms. The molecule has 0 fully saturated rings. The second-order valence-electron chi connectivity index (χ2n) is 3.96. The zero-order valence-electron chi connectivity index (χ0n) is 11.0. The summed E-state index contributed by atoms with van der Waals surface area (Å²) in [5, 5.41) is 20.7. The van der Waals surface area contributed by atoms with Gasteiger partial charge in [0.1, 0.15) is 18.7 Å². The summed E-state index contributed by atoms with van der Waals surface area (Å²) in [6, 6.07) is 16.5. The van der Waals surface area contributed by atoms with E-state index in [9.17, 15) is 0 Å². The van der Waals surface area contributed by atoms with Gasteiger partial charge in [-0.1, -0.05) is 30.3 Å². The van der Waals surface area contributed by atoms with E-state index in [1.165, 1.54) is 6.20 Å². The van der Waals surface area contributed by atoms with E-state index in [0.717, 1.165) is 5.56 Å². The minimum atomic E-state index is -0.251. The topological polar surface area (TPSA) is 94.1 Å². The molecule has 2 rings (SSSR count). The quantitative estimate of drug-likeness (QED) is 0.669. The molecule has 21 heavy (non-hydrogen) atoms. The maximum atomic E-state index is 8.55. The van der Waals surface area contributed by atoms with Crippen molar-refractivity contribution < 1.29 is 4.74 Å². The van der Waals surface area contributed by atoms with Crippen LogP contribution >= 0.6 is 0 Å². The number of nitrogens with zero attached hydrogens (tertiary/aromatic N) is 4. The number of benzene rings is 1. The smallest absolute Gasteiger partial charge is 0.237 e. The predicted molar refractivity (Wildman–Crippen MR) is 77.3 cm³/mol. The summed E-state index contributed by atoms with van der Waals surface area (Å²) in [5.41, 5.74) is 3.94. The maximum Gasteiger partial charge on any atom is 0.237 e. The van der Waals surface area contributed by atoms with Crippen LogP contribution in [0.4, 0.5) is 5.69 Å². The van der Waals surface area contributed by atoms with Crippen molar-refractivity contribution >= 4 is 11.4 Å². The third kappa shape index (κ3) is 4.34. The lowest BCUT2D eigenvalue weighted by molar-refractivity contribution is 0.294. The van der Waals surface area contributed by atoms with Gasteiger partial charge in [0.2, 0.25) is 11.6 Å². The first-order chi connectivity index (χ1) is 10.3. The number of nitrogens with one attached hydrogen (secondary N) is 1. The highest BCUT2D eigenvalue weighted by Gasteiger charge is 1.98. The van der Waals surface area contributed by atoms with E-state index in [4.69, 9.17) is 15.3 Å². The van der Waals surface area contributed by atoms with Crippen molar-refractivity contribution in [1.29, 1.82) is 10.5 Å². The lowest BCUT2D eigenvalue weighted by Gasteiger charge is -2.06. The Bertz CT molecular complexity index is 680. The third-order valence-electron chi connectivity index (χ3n) is 2.47. The Morgan fingerprint density at radius 2 is 1.90 bits per heavy atom. The highest BCUT2D eigenvalue weighted by atomic mass is 16.5. The van der Waals surface area contributed by atoms with Crippen LogP contribution in [0.5, 0.6) is 5.88 Å². The SMILES string of the molecule is N#CC(C#N)=NNc1ccc(OCc2ccccc2)nc1. The molecule has 0 saturated carbocycles. The van der Waals surface area contributed by atoms with Gasteiger partial charge in [0.15, 0.2) is 0 Å². The summed E-state index contributed by atoms with van der Waals surface area (Å²) in [6.07, 6.45) is 1.51. The highest BCUT2D eigenvalue weighted by Crippen LogP contribution is 2.13. The molecule has 0 aliphatic rings. The van der Waals surface area contributed by atoms with Crippen LogP contribution in [0.2, 0.25) is 0 Å². The summed E-state index contributed by atoms with van der Waals surface area (Å²) < 4.78 is 5.54. The van der Waals surface area contributed by atoms with Crippen LogP contribution in [-0.2, 0) is 6.61 Å². The van der Waals surface area contributed by atoms with Crippen LogP contribution < -0.4 is 10.2 Å². The molecule has 0 bridgehead atoms. The molecule has 0 atom stereocenters. The van der Waals surface area contributed by atoms with Gasteiger partial charge in [-0.3, -0.25) is 5.43 Å². The molecule has 0 aliphatic heterocycles. The second kappa shape index (κ2) is 7.27. The van der Waals surface area contributed by atoms with Gasteiger partial charge in [-0.15, -0.1) is 0 Å². The molecule has 1 aromatic heterocycles. The summed E-state index contributed by atoms with van der Waals surface area (Å²) in [7, 11) is 0. The highest BCUT2D eigenvalue weighted by molar-refractivity contribution is 6.10. The normalized spacial score (nSPS) is 9.05. The Kier molecular flexibility index (Phi) is 4.86. The Balaban J connectivity index is 1.92. The lowest BCUT2D eigenvalue weighted by Crippen LogP contribution is -1.99. The van der Waals surface area contributed by atoms with Crippen LogP contribution in [0.25, 0.3) is 0 Å². The van der Waals surface area contributed by atoms with Gasteiger partial charge in [-0.05, 0) is 11.6 Å². The van der Waals surface area contributed by atoms with Crippen LogP contribution in [0.3, 0.4) is 0 Å². The van der Waals surface area contributed by atoms with Crippen molar-refractivity contribution in [2.45, 2.75) is 6.61 Å². The molecule has 0 amide bonds. The molecule has 1 aromatic carbocycles. The van der Waals surface area contributed by atoms with E-state index >= 15 is 0 Å². The Labute approximate surface area is 121 Å². The van der Waals surface area contributed by atoms with Crippen LogP contribution in [0, 0.1) is 22.7 Å². The number of rotatable bonds is 5. The molecule has 0 radical (unpaired) electrons. The van der Waals surface area contributed by atoms with Crippen molar-refractivity contribution in [3.05, 3.63) is 54.2 Å². The van der Waals surface area contributed by atoms with E-state index in [2.05, 4.69) is 15.5 Å². The first kappa shape index (κ1) is 14.0. The number of hydrazone groups is 1. The molecule has 2 aromatic rings. The standard InChI is InChI=1S/C15H11N5O/c16-8-14(9-17)20-19-13-6-7-15(18-10-13)21-11-12-4-2-1-3-5-12/h1-7,10,19H,11H2. The summed E-state index contributed by atoms with van der Waals surface area (Å²) >= 11 is 0. The molecular weight excluding hydrogens is 266 g/mol. The predicted octanol–water partition coefficient (Wildman–Crippen LogP) is 2.48. The monoisotopic (exact) mass is 277 g/mol. The number of aromatic nitrogens is 1. The summed E-state index contributed by atoms with van der Waals surface area (Å²) in [6.45, 7) is 0.436. The molecule has 1 N–H and O–H groups in total. The van der Waals surface area contributed by atoms with Gasteiger partial charge in [0.05, 0.1) is 11.9 Å². The lowest BCUT2D eigenvalue weighted by atomic mass is 10.2. The number of nitriles is 2. The van der Waals surface area contributed by atoms with E-state index in [0.29, 0.717) is 18.2 Å². The fourth-order valence-electron chi connectivity index (χ4n) is 1.46. The minimum absolute atomic E-state index is 0.251. The van der Waals surface area contributed by atoms with Crippen molar-refractivity contribution in [2.24, 2.45) is 5.10 Å². The maximum absolute atomic E-state index is 8.55. The summed E-state index contributed by atoms with van der Waals surface area (Å²) in [5.74, 6) is 0.481. The Morgan fingerprint density at radius 3 is 2.52 bits per heavy atom. The fraction of sp³-hybridized carbons (Fsp3) is 0.0667. The second-order valence-corrected chi connectivity index (χ2v) is 3.96.